The Morgan fingerprint density at radius 2 is 2.08 bits per heavy atom. The van der Waals surface area contributed by atoms with Gasteiger partial charge in [-0.05, 0) is 47.7 Å². The highest BCUT2D eigenvalue weighted by atomic mass is 79.9. The van der Waals surface area contributed by atoms with Gasteiger partial charge in [0.15, 0.2) is 0 Å². The molecule has 4 heteroatoms. The molecule has 0 unspecified atom stereocenters. The zero-order valence-electron chi connectivity index (χ0n) is 7.44. The Balaban J connectivity index is 3.01. The van der Waals surface area contributed by atoms with E-state index < -0.39 is 0 Å². The smallest absolute Gasteiger partial charge is 0.137 e. The van der Waals surface area contributed by atoms with Crippen LogP contribution in [0.5, 0.6) is 0 Å². The SMILES string of the molecule is CN(C)Cc1cc(F)c(Br)cc1Cl. The molecule has 0 bridgehead atoms. The molecule has 1 nitrogen and oxygen atoms in total. The van der Waals surface area contributed by atoms with Crippen LogP contribution in [0, 0.1) is 5.82 Å². The third kappa shape index (κ3) is 2.93. The van der Waals surface area contributed by atoms with Gasteiger partial charge in [0, 0.05) is 11.6 Å². The number of nitrogens with zero attached hydrogens (tertiary/aromatic N) is 1. The lowest BCUT2D eigenvalue weighted by molar-refractivity contribution is 0.401. The van der Waals surface area contributed by atoms with Gasteiger partial charge in [0.05, 0.1) is 4.47 Å². The molecule has 0 aliphatic carbocycles. The number of benzene rings is 1. The molecule has 0 radical (unpaired) electrons. The zero-order chi connectivity index (χ0) is 10.0. The molecule has 0 N–H and O–H groups in total. The first-order valence-electron chi connectivity index (χ1n) is 3.79. The molecule has 0 atom stereocenters. The molecule has 1 rings (SSSR count). The molecule has 0 amide bonds. The number of hydrogen-bond donors (Lipinski definition) is 0. The van der Waals surface area contributed by atoms with Crippen LogP contribution in [-0.4, -0.2) is 19.0 Å². The summed E-state index contributed by atoms with van der Waals surface area (Å²) in [7, 11) is 3.83. The van der Waals surface area contributed by atoms with E-state index >= 15 is 0 Å². The van der Waals surface area contributed by atoms with E-state index in [9.17, 15) is 4.39 Å². The molecule has 0 saturated carbocycles. The van der Waals surface area contributed by atoms with Crippen molar-refractivity contribution in [3.05, 3.63) is 33.0 Å². The summed E-state index contributed by atoms with van der Waals surface area (Å²) in [6.07, 6.45) is 0. The van der Waals surface area contributed by atoms with Crippen molar-refractivity contribution < 1.29 is 4.39 Å². The molecule has 0 heterocycles. The Hall–Kier alpha value is -0.120. The van der Waals surface area contributed by atoms with Crippen LogP contribution in [-0.2, 0) is 6.54 Å². The molecule has 0 spiro atoms. The van der Waals surface area contributed by atoms with Gasteiger partial charge in [-0.2, -0.15) is 0 Å². The van der Waals surface area contributed by atoms with Crippen molar-refractivity contribution in [1.29, 1.82) is 0 Å². The molecule has 0 saturated heterocycles. The molecule has 13 heavy (non-hydrogen) atoms. The first kappa shape index (κ1) is 11.0. The summed E-state index contributed by atoms with van der Waals surface area (Å²) >= 11 is 9.00. The highest BCUT2D eigenvalue weighted by Crippen LogP contribution is 2.25. The maximum absolute atomic E-state index is 13.1. The lowest BCUT2D eigenvalue weighted by Crippen LogP contribution is -2.11. The van der Waals surface area contributed by atoms with Gasteiger partial charge in [-0.1, -0.05) is 11.6 Å². The average molecular weight is 267 g/mol. The molecule has 0 aromatic heterocycles. The van der Waals surface area contributed by atoms with Crippen molar-refractivity contribution in [2.24, 2.45) is 0 Å². The summed E-state index contributed by atoms with van der Waals surface area (Å²) in [5.74, 6) is -0.277. The van der Waals surface area contributed by atoms with E-state index in [1.165, 1.54) is 6.07 Å². The Bertz CT molecular complexity index is 315. The van der Waals surface area contributed by atoms with Crippen molar-refractivity contribution in [3.63, 3.8) is 0 Å². The van der Waals surface area contributed by atoms with Gasteiger partial charge in [-0.3, -0.25) is 0 Å². The third-order valence-electron chi connectivity index (χ3n) is 1.58. The maximum atomic E-state index is 13.1. The van der Waals surface area contributed by atoms with Crippen LogP contribution in [0.4, 0.5) is 4.39 Å². The predicted molar refractivity (Wildman–Crippen MR) is 56.5 cm³/mol. The quantitative estimate of drug-likeness (QED) is 0.743. The highest BCUT2D eigenvalue weighted by molar-refractivity contribution is 9.10. The van der Waals surface area contributed by atoms with E-state index in [-0.39, 0.29) is 5.82 Å². The van der Waals surface area contributed by atoms with Crippen molar-refractivity contribution in [1.82, 2.24) is 4.90 Å². The zero-order valence-corrected chi connectivity index (χ0v) is 9.78. The van der Waals surface area contributed by atoms with Gasteiger partial charge in [0.1, 0.15) is 5.82 Å². The van der Waals surface area contributed by atoms with Crippen LogP contribution < -0.4 is 0 Å². The van der Waals surface area contributed by atoms with Gasteiger partial charge < -0.3 is 4.90 Å². The second-order valence-corrected chi connectivity index (χ2v) is 4.36. The van der Waals surface area contributed by atoms with E-state index in [4.69, 9.17) is 11.6 Å². The van der Waals surface area contributed by atoms with Crippen LogP contribution in [0.1, 0.15) is 5.56 Å². The fraction of sp³-hybridized carbons (Fsp3) is 0.333. The Kier molecular flexibility index (Phi) is 3.71. The van der Waals surface area contributed by atoms with E-state index in [0.717, 1.165) is 5.56 Å². The standard InChI is InChI=1S/C9H10BrClFN/c1-13(2)5-6-3-9(12)7(10)4-8(6)11/h3-4H,5H2,1-2H3. The Morgan fingerprint density at radius 3 is 2.62 bits per heavy atom. The minimum absolute atomic E-state index is 0.277. The van der Waals surface area contributed by atoms with Crippen LogP contribution in [0.15, 0.2) is 16.6 Å². The van der Waals surface area contributed by atoms with Gasteiger partial charge in [0.2, 0.25) is 0 Å². The summed E-state index contributed by atoms with van der Waals surface area (Å²) in [4.78, 5) is 1.94. The molecule has 72 valence electrons. The fourth-order valence-electron chi connectivity index (χ4n) is 1.03. The normalized spacial score (nSPS) is 10.9. The van der Waals surface area contributed by atoms with Crippen molar-refractivity contribution >= 4 is 27.5 Å². The van der Waals surface area contributed by atoms with E-state index in [1.54, 1.807) is 6.07 Å². The second kappa shape index (κ2) is 4.40. The molecule has 0 aliphatic heterocycles. The summed E-state index contributed by atoms with van der Waals surface area (Å²) in [6, 6.07) is 3.03. The van der Waals surface area contributed by atoms with E-state index in [1.807, 2.05) is 19.0 Å². The number of rotatable bonds is 2. The summed E-state index contributed by atoms with van der Waals surface area (Å²) < 4.78 is 13.5. The monoisotopic (exact) mass is 265 g/mol. The first-order valence-corrected chi connectivity index (χ1v) is 4.96. The van der Waals surface area contributed by atoms with E-state index in [0.29, 0.717) is 16.0 Å². The van der Waals surface area contributed by atoms with Gasteiger partial charge in [-0.25, -0.2) is 4.39 Å². The van der Waals surface area contributed by atoms with Crippen molar-refractivity contribution in [2.45, 2.75) is 6.54 Å². The van der Waals surface area contributed by atoms with Gasteiger partial charge in [0.25, 0.3) is 0 Å². The van der Waals surface area contributed by atoms with E-state index in [2.05, 4.69) is 15.9 Å². The van der Waals surface area contributed by atoms with Crippen LogP contribution in [0.3, 0.4) is 0 Å². The molecule has 1 aromatic rings. The predicted octanol–water partition coefficient (Wildman–Crippen LogP) is 3.30. The lowest BCUT2D eigenvalue weighted by Gasteiger charge is -2.11. The van der Waals surface area contributed by atoms with Crippen molar-refractivity contribution in [3.8, 4) is 0 Å². The van der Waals surface area contributed by atoms with Crippen LogP contribution in [0.25, 0.3) is 0 Å². The molecule has 1 aromatic carbocycles. The van der Waals surface area contributed by atoms with Gasteiger partial charge >= 0.3 is 0 Å². The lowest BCUT2D eigenvalue weighted by atomic mass is 10.2. The molecule has 0 fully saturated rings. The summed E-state index contributed by atoms with van der Waals surface area (Å²) in [5.41, 5.74) is 0.798. The third-order valence-corrected chi connectivity index (χ3v) is 2.54. The van der Waals surface area contributed by atoms with Crippen molar-refractivity contribution in [2.75, 3.05) is 14.1 Å². The van der Waals surface area contributed by atoms with Crippen LogP contribution in [0.2, 0.25) is 5.02 Å². The van der Waals surface area contributed by atoms with Crippen LogP contribution >= 0.6 is 27.5 Å². The summed E-state index contributed by atoms with van der Waals surface area (Å²) in [6.45, 7) is 0.642. The average Bonchev–Trinajstić information content (AvgIpc) is 1.99. The van der Waals surface area contributed by atoms with Gasteiger partial charge in [-0.15, -0.1) is 0 Å². The highest BCUT2D eigenvalue weighted by Gasteiger charge is 2.06. The number of halogens is 3. The minimum atomic E-state index is -0.277. The summed E-state index contributed by atoms with van der Waals surface area (Å²) in [5, 5.41) is 0.585. The minimum Gasteiger partial charge on any atom is -0.305 e. The maximum Gasteiger partial charge on any atom is 0.137 e. The first-order chi connectivity index (χ1) is 6.00. The molecular formula is C9H10BrClFN. The molecule has 0 aliphatic rings. The second-order valence-electron chi connectivity index (χ2n) is 3.10. The number of hydrogen-bond acceptors (Lipinski definition) is 1. The Morgan fingerprint density at radius 1 is 1.46 bits per heavy atom. The Labute approximate surface area is 90.6 Å². The molecular weight excluding hydrogens is 256 g/mol. The largest absolute Gasteiger partial charge is 0.305 e. The fourth-order valence-corrected chi connectivity index (χ4v) is 1.72. The topological polar surface area (TPSA) is 3.24 Å².